The highest BCUT2D eigenvalue weighted by Gasteiger charge is 2.34. The quantitative estimate of drug-likeness (QED) is 0.430. The summed E-state index contributed by atoms with van der Waals surface area (Å²) in [5, 5.41) is 4.31. The SMILES string of the molecule is Cc1cc2c(C(N)=O)cccc2n1-c1nc2c(c(NCc3cccc(F)c3)n1)C1CCCCN1CC2. The number of aromatic nitrogens is 3. The summed E-state index contributed by atoms with van der Waals surface area (Å²) >= 11 is 0. The number of aryl methyl sites for hydroxylation is 1. The second-order valence-corrected chi connectivity index (χ2v) is 9.74. The summed E-state index contributed by atoms with van der Waals surface area (Å²) in [6, 6.07) is 14.4. The fourth-order valence-corrected chi connectivity index (χ4v) is 5.79. The Morgan fingerprint density at radius 3 is 2.83 bits per heavy atom. The van der Waals surface area contributed by atoms with Crippen LogP contribution in [0, 0.1) is 12.7 Å². The van der Waals surface area contributed by atoms with Gasteiger partial charge in [0.05, 0.1) is 11.2 Å². The first-order chi connectivity index (χ1) is 17.5. The highest BCUT2D eigenvalue weighted by Crippen LogP contribution is 2.40. The summed E-state index contributed by atoms with van der Waals surface area (Å²) in [6.07, 6.45) is 4.33. The van der Waals surface area contributed by atoms with E-state index in [0.717, 1.165) is 65.2 Å². The number of piperidine rings is 1. The fourth-order valence-electron chi connectivity index (χ4n) is 5.79. The van der Waals surface area contributed by atoms with E-state index in [1.165, 1.54) is 18.9 Å². The van der Waals surface area contributed by atoms with E-state index in [2.05, 4.69) is 10.2 Å². The molecule has 0 radical (unpaired) electrons. The fraction of sp³-hybridized carbons (Fsp3) is 0.321. The minimum atomic E-state index is -0.459. The molecule has 2 aromatic carbocycles. The Bertz CT molecular complexity index is 1480. The van der Waals surface area contributed by atoms with Crippen LogP contribution >= 0.6 is 0 Å². The number of hydrogen-bond acceptors (Lipinski definition) is 5. The van der Waals surface area contributed by atoms with Crippen LogP contribution in [0.15, 0.2) is 48.5 Å². The molecule has 0 spiro atoms. The number of fused-ring (bicyclic) bond motifs is 4. The number of rotatable bonds is 5. The van der Waals surface area contributed by atoms with Crippen molar-refractivity contribution in [1.29, 1.82) is 0 Å². The van der Waals surface area contributed by atoms with Gasteiger partial charge in [-0.3, -0.25) is 14.3 Å². The number of carbonyl (C=O) groups excluding carboxylic acids is 1. The Labute approximate surface area is 209 Å². The molecule has 2 aromatic heterocycles. The van der Waals surface area contributed by atoms with Gasteiger partial charge >= 0.3 is 0 Å². The minimum Gasteiger partial charge on any atom is -0.366 e. The van der Waals surface area contributed by atoms with Crippen LogP contribution in [0.25, 0.3) is 16.9 Å². The molecule has 1 unspecified atom stereocenters. The zero-order valence-corrected chi connectivity index (χ0v) is 20.3. The molecule has 1 saturated heterocycles. The number of hydrogen-bond donors (Lipinski definition) is 2. The largest absolute Gasteiger partial charge is 0.366 e. The number of amides is 1. The van der Waals surface area contributed by atoms with Gasteiger partial charge < -0.3 is 11.1 Å². The van der Waals surface area contributed by atoms with Gasteiger partial charge in [0.25, 0.3) is 0 Å². The van der Waals surface area contributed by atoms with E-state index in [4.69, 9.17) is 15.7 Å². The van der Waals surface area contributed by atoms with Crippen molar-refractivity contribution in [3.05, 3.63) is 82.4 Å². The lowest BCUT2D eigenvalue weighted by molar-refractivity contribution is 0.100. The van der Waals surface area contributed by atoms with E-state index >= 15 is 0 Å². The maximum absolute atomic E-state index is 13.8. The first kappa shape index (κ1) is 22.7. The smallest absolute Gasteiger partial charge is 0.249 e. The van der Waals surface area contributed by atoms with Crippen molar-refractivity contribution in [3.8, 4) is 5.95 Å². The molecule has 0 aliphatic carbocycles. The van der Waals surface area contributed by atoms with E-state index in [-0.39, 0.29) is 11.9 Å². The molecule has 4 heterocycles. The molecular weight excluding hydrogens is 455 g/mol. The summed E-state index contributed by atoms with van der Waals surface area (Å²) < 4.78 is 15.8. The maximum atomic E-state index is 13.8. The first-order valence-corrected chi connectivity index (χ1v) is 12.5. The van der Waals surface area contributed by atoms with E-state index < -0.39 is 5.91 Å². The van der Waals surface area contributed by atoms with Crippen LogP contribution in [0.4, 0.5) is 10.2 Å². The van der Waals surface area contributed by atoms with Crippen molar-refractivity contribution in [2.24, 2.45) is 5.73 Å². The van der Waals surface area contributed by atoms with Crippen molar-refractivity contribution in [2.45, 2.75) is 45.2 Å². The van der Waals surface area contributed by atoms with Gasteiger partial charge in [0.2, 0.25) is 11.9 Å². The summed E-state index contributed by atoms with van der Waals surface area (Å²) in [4.78, 5) is 24.7. The number of primary amides is 1. The average Bonchev–Trinajstić information content (AvgIpc) is 3.22. The molecule has 2 aliphatic heterocycles. The van der Waals surface area contributed by atoms with Gasteiger partial charge in [-0.1, -0.05) is 24.6 Å². The molecule has 0 bridgehead atoms. The molecule has 7 nitrogen and oxygen atoms in total. The van der Waals surface area contributed by atoms with E-state index in [0.29, 0.717) is 18.1 Å². The third kappa shape index (κ3) is 3.91. The van der Waals surface area contributed by atoms with Crippen LogP contribution in [-0.2, 0) is 13.0 Å². The van der Waals surface area contributed by atoms with Gasteiger partial charge in [-0.15, -0.1) is 0 Å². The van der Waals surface area contributed by atoms with Crippen molar-refractivity contribution < 1.29 is 9.18 Å². The number of benzene rings is 2. The lowest BCUT2D eigenvalue weighted by Gasteiger charge is -2.40. The van der Waals surface area contributed by atoms with Crippen molar-refractivity contribution >= 4 is 22.6 Å². The second kappa shape index (κ2) is 9.02. The third-order valence-corrected chi connectivity index (χ3v) is 7.44. The Kier molecular flexibility index (Phi) is 5.68. The first-order valence-electron chi connectivity index (χ1n) is 12.5. The van der Waals surface area contributed by atoms with Gasteiger partial charge in [-0.2, -0.15) is 4.98 Å². The Balaban J connectivity index is 1.49. The van der Waals surface area contributed by atoms with Gasteiger partial charge in [0.1, 0.15) is 11.6 Å². The van der Waals surface area contributed by atoms with Crippen LogP contribution in [0.2, 0.25) is 0 Å². The second-order valence-electron chi connectivity index (χ2n) is 9.74. The summed E-state index contributed by atoms with van der Waals surface area (Å²) in [5.74, 6) is 0.647. The molecule has 3 N–H and O–H groups in total. The van der Waals surface area contributed by atoms with Gasteiger partial charge in [-0.25, -0.2) is 9.37 Å². The highest BCUT2D eigenvalue weighted by atomic mass is 19.1. The zero-order chi connectivity index (χ0) is 24.8. The number of halogens is 1. The molecule has 0 saturated carbocycles. The molecular formula is C28H29FN6O. The molecule has 6 rings (SSSR count). The molecule has 2 aliphatic rings. The van der Waals surface area contributed by atoms with Gasteiger partial charge in [0.15, 0.2) is 0 Å². The maximum Gasteiger partial charge on any atom is 0.249 e. The molecule has 1 fully saturated rings. The van der Waals surface area contributed by atoms with Gasteiger partial charge in [-0.05, 0) is 62.2 Å². The highest BCUT2D eigenvalue weighted by molar-refractivity contribution is 6.06. The predicted molar refractivity (Wildman–Crippen MR) is 138 cm³/mol. The number of nitrogens with zero attached hydrogens (tertiary/aromatic N) is 4. The van der Waals surface area contributed by atoms with E-state index in [9.17, 15) is 9.18 Å². The van der Waals surface area contributed by atoms with E-state index in [1.807, 2.05) is 35.8 Å². The van der Waals surface area contributed by atoms with E-state index in [1.54, 1.807) is 18.2 Å². The van der Waals surface area contributed by atoms with Crippen molar-refractivity contribution in [1.82, 2.24) is 19.4 Å². The Morgan fingerprint density at radius 2 is 2.00 bits per heavy atom. The molecule has 4 aromatic rings. The third-order valence-electron chi connectivity index (χ3n) is 7.44. The van der Waals surface area contributed by atoms with Crippen LogP contribution < -0.4 is 11.1 Å². The summed E-state index contributed by atoms with van der Waals surface area (Å²) in [5.41, 5.74) is 11.0. The number of carbonyl (C=O) groups is 1. The molecule has 8 heteroatoms. The minimum absolute atomic E-state index is 0.252. The normalized spacial score (nSPS) is 17.6. The van der Waals surface area contributed by atoms with Crippen LogP contribution in [0.1, 0.15) is 58.2 Å². The molecule has 36 heavy (non-hydrogen) atoms. The number of anilines is 1. The van der Waals surface area contributed by atoms with Crippen LogP contribution in [0.5, 0.6) is 0 Å². The lowest BCUT2D eigenvalue weighted by atomic mass is 9.89. The number of nitrogens with one attached hydrogen (secondary N) is 1. The topological polar surface area (TPSA) is 89.1 Å². The Hall–Kier alpha value is -3.78. The standard InChI is InChI=1S/C28H29FN6O/c1-17-14-21-20(26(30)36)8-5-10-23(21)35(17)28-32-22-11-13-34-12-3-2-9-24(34)25(22)27(33-28)31-16-18-6-4-7-19(29)15-18/h4-8,10,14-15,24H,2-3,9,11-13,16H2,1H3,(H2,30,36)(H,31,32,33). The monoisotopic (exact) mass is 484 g/mol. The molecule has 184 valence electrons. The number of nitrogens with two attached hydrogens (primary N) is 1. The van der Waals surface area contributed by atoms with Gasteiger partial charge in [0, 0.05) is 47.8 Å². The predicted octanol–water partition coefficient (Wildman–Crippen LogP) is 4.66. The summed E-state index contributed by atoms with van der Waals surface area (Å²) in [6.45, 7) is 4.52. The average molecular weight is 485 g/mol. The lowest BCUT2D eigenvalue weighted by Crippen LogP contribution is -2.40. The zero-order valence-electron chi connectivity index (χ0n) is 20.3. The molecule has 1 atom stereocenters. The molecule has 1 amide bonds. The Morgan fingerprint density at radius 1 is 1.14 bits per heavy atom. The van der Waals surface area contributed by atoms with Crippen molar-refractivity contribution in [2.75, 3.05) is 18.4 Å². The van der Waals surface area contributed by atoms with Crippen LogP contribution in [-0.4, -0.2) is 38.4 Å². The van der Waals surface area contributed by atoms with Crippen molar-refractivity contribution in [3.63, 3.8) is 0 Å². The van der Waals surface area contributed by atoms with Crippen LogP contribution in [0.3, 0.4) is 0 Å². The summed E-state index contributed by atoms with van der Waals surface area (Å²) in [7, 11) is 0.